The van der Waals surface area contributed by atoms with Gasteiger partial charge in [-0.2, -0.15) is 0 Å². The maximum atomic E-state index is 2.47. The zero-order chi connectivity index (χ0) is 41.7. The van der Waals surface area contributed by atoms with Crippen LogP contribution in [0.15, 0.2) is 243 Å². The first-order chi connectivity index (χ1) is 31.3. The van der Waals surface area contributed by atoms with Crippen molar-refractivity contribution in [1.29, 1.82) is 0 Å². The van der Waals surface area contributed by atoms with Gasteiger partial charge in [-0.15, -0.1) is 11.3 Å². The van der Waals surface area contributed by atoms with Crippen molar-refractivity contribution in [2.75, 3.05) is 4.90 Å². The molecule has 0 saturated heterocycles. The fourth-order valence-electron chi connectivity index (χ4n) is 9.58. The lowest BCUT2D eigenvalue weighted by molar-refractivity contribution is 1.18. The van der Waals surface area contributed by atoms with Crippen LogP contribution in [-0.2, 0) is 0 Å². The molecule has 12 rings (SSSR count). The third kappa shape index (κ3) is 6.33. The Hall–Kier alpha value is -7.98. The Morgan fingerprint density at radius 3 is 1.65 bits per heavy atom. The lowest BCUT2D eigenvalue weighted by Crippen LogP contribution is -2.12. The summed E-state index contributed by atoms with van der Waals surface area (Å²) in [7, 11) is 0. The van der Waals surface area contributed by atoms with Crippen LogP contribution in [0.1, 0.15) is 0 Å². The van der Waals surface area contributed by atoms with Crippen LogP contribution in [0.2, 0.25) is 0 Å². The topological polar surface area (TPSA) is 8.17 Å². The minimum atomic E-state index is 1.07. The van der Waals surface area contributed by atoms with Crippen molar-refractivity contribution in [1.82, 2.24) is 4.57 Å². The fraction of sp³-hybridized carbons (Fsp3) is 0. The Morgan fingerprint density at radius 2 is 0.873 bits per heavy atom. The maximum Gasteiger partial charge on any atom is 0.0561 e. The monoisotopic (exact) mass is 820 g/mol. The molecule has 63 heavy (non-hydrogen) atoms. The van der Waals surface area contributed by atoms with Gasteiger partial charge in [0, 0.05) is 53.6 Å². The highest BCUT2D eigenvalue weighted by molar-refractivity contribution is 7.26. The van der Waals surface area contributed by atoms with Crippen LogP contribution >= 0.6 is 11.3 Å². The number of nitrogens with zero attached hydrogens (tertiary/aromatic N) is 2. The molecule has 0 spiro atoms. The van der Waals surface area contributed by atoms with Crippen LogP contribution in [-0.4, -0.2) is 4.57 Å². The van der Waals surface area contributed by atoms with E-state index in [0.29, 0.717) is 0 Å². The predicted octanol–water partition coefficient (Wildman–Crippen LogP) is 17.3. The molecule has 2 heterocycles. The van der Waals surface area contributed by atoms with E-state index in [2.05, 4.69) is 252 Å². The highest BCUT2D eigenvalue weighted by atomic mass is 32.1. The molecule has 0 aliphatic carbocycles. The van der Waals surface area contributed by atoms with Gasteiger partial charge in [-0.1, -0.05) is 188 Å². The van der Waals surface area contributed by atoms with Gasteiger partial charge in [-0.25, -0.2) is 0 Å². The molecule has 0 saturated carbocycles. The molecule has 0 unspecified atom stereocenters. The van der Waals surface area contributed by atoms with Gasteiger partial charge in [0.25, 0.3) is 0 Å². The number of thiophene rings is 1. The van der Waals surface area contributed by atoms with Crippen LogP contribution < -0.4 is 4.90 Å². The molecule has 3 heteroatoms. The van der Waals surface area contributed by atoms with Crippen LogP contribution in [0.5, 0.6) is 0 Å². The van der Waals surface area contributed by atoms with Crippen molar-refractivity contribution in [3.63, 3.8) is 0 Å². The second-order valence-electron chi connectivity index (χ2n) is 16.0. The van der Waals surface area contributed by atoms with Gasteiger partial charge < -0.3 is 9.47 Å². The molecule has 0 radical (unpaired) electrons. The zero-order valence-electron chi connectivity index (χ0n) is 34.4. The highest BCUT2D eigenvalue weighted by Gasteiger charge is 2.24. The maximum absolute atomic E-state index is 2.47. The molecule has 12 aromatic rings. The van der Waals surface area contributed by atoms with Crippen molar-refractivity contribution in [2.45, 2.75) is 0 Å². The fourth-order valence-corrected chi connectivity index (χ4v) is 10.8. The smallest absolute Gasteiger partial charge is 0.0561 e. The lowest BCUT2D eigenvalue weighted by atomic mass is 9.87. The Labute approximate surface area is 370 Å². The van der Waals surface area contributed by atoms with Gasteiger partial charge in [0.2, 0.25) is 0 Å². The van der Waals surface area contributed by atoms with E-state index in [1.807, 2.05) is 11.3 Å². The van der Waals surface area contributed by atoms with Gasteiger partial charge >= 0.3 is 0 Å². The van der Waals surface area contributed by atoms with E-state index in [1.54, 1.807) is 0 Å². The molecule has 0 fully saturated rings. The summed E-state index contributed by atoms with van der Waals surface area (Å²) < 4.78 is 5.04. The first kappa shape index (κ1) is 36.8. The summed E-state index contributed by atoms with van der Waals surface area (Å²) in [6.45, 7) is 0. The molecule has 0 aliphatic heterocycles. The summed E-state index contributed by atoms with van der Waals surface area (Å²) in [5.74, 6) is 0. The standard InChI is InChI=1S/C60H40N2S/c1-4-18-41(19-5-1)47-24-10-11-27-53(47)59-48(42-20-6-2-7-21-42)28-17-32-56(59)61(45-36-34-43(35-37-45)49-29-16-30-54-52-26-13-15-33-58(52)63-60(49)54)46-38-39-51-50-25-12-14-31-55(50)62(57(51)40-46)44-22-8-3-9-23-44/h1-40H. The third-order valence-electron chi connectivity index (χ3n) is 12.4. The number of aromatic nitrogens is 1. The van der Waals surface area contributed by atoms with Crippen LogP contribution in [0.3, 0.4) is 0 Å². The molecule has 2 aromatic heterocycles. The number of fused-ring (bicyclic) bond motifs is 6. The Morgan fingerprint density at radius 1 is 0.333 bits per heavy atom. The molecular formula is C60H40N2S. The van der Waals surface area contributed by atoms with Crippen molar-refractivity contribution >= 4 is 70.4 Å². The van der Waals surface area contributed by atoms with Gasteiger partial charge in [0.1, 0.15) is 0 Å². The molecule has 2 nitrogen and oxygen atoms in total. The Balaban J connectivity index is 1.13. The SMILES string of the molecule is c1ccc(-c2ccccc2-c2c(-c3ccccc3)cccc2N(c2ccc(-c3cccc4c3sc3ccccc34)cc2)c2ccc3c4ccccc4n(-c4ccccc4)c3c2)cc1. The number of benzene rings is 10. The Bertz CT molecular complexity index is 3600. The summed E-state index contributed by atoms with van der Waals surface area (Å²) in [6.07, 6.45) is 0. The average Bonchev–Trinajstić information content (AvgIpc) is 3.91. The van der Waals surface area contributed by atoms with Crippen molar-refractivity contribution in [3.05, 3.63) is 243 Å². The highest BCUT2D eigenvalue weighted by Crippen LogP contribution is 2.49. The normalized spacial score (nSPS) is 11.5. The number of anilines is 3. The molecular weight excluding hydrogens is 781 g/mol. The summed E-state index contributed by atoms with van der Waals surface area (Å²) >= 11 is 1.88. The molecule has 0 bridgehead atoms. The third-order valence-corrected chi connectivity index (χ3v) is 13.6. The van der Waals surface area contributed by atoms with Crippen molar-refractivity contribution in [2.24, 2.45) is 0 Å². The first-order valence-electron chi connectivity index (χ1n) is 21.5. The first-order valence-corrected chi connectivity index (χ1v) is 22.3. The summed E-state index contributed by atoms with van der Waals surface area (Å²) in [6, 6.07) is 88.5. The quantitative estimate of drug-likeness (QED) is 0.148. The molecule has 10 aromatic carbocycles. The lowest BCUT2D eigenvalue weighted by Gasteiger charge is -2.30. The zero-order valence-corrected chi connectivity index (χ0v) is 35.2. The summed E-state index contributed by atoms with van der Waals surface area (Å²) in [4.78, 5) is 2.47. The van der Waals surface area contributed by atoms with Crippen LogP contribution in [0, 0.1) is 0 Å². The minimum Gasteiger partial charge on any atom is -0.310 e. The van der Waals surface area contributed by atoms with Crippen LogP contribution in [0.25, 0.3) is 92.2 Å². The van der Waals surface area contributed by atoms with Crippen molar-refractivity contribution in [3.8, 4) is 50.2 Å². The number of para-hydroxylation sites is 2. The molecule has 0 aliphatic rings. The molecule has 0 amide bonds. The van der Waals surface area contributed by atoms with E-state index in [9.17, 15) is 0 Å². The van der Waals surface area contributed by atoms with Gasteiger partial charge in [0.05, 0.1) is 16.7 Å². The van der Waals surface area contributed by atoms with Gasteiger partial charge in [-0.3, -0.25) is 0 Å². The molecule has 0 atom stereocenters. The minimum absolute atomic E-state index is 1.07. The summed E-state index contributed by atoms with van der Waals surface area (Å²) in [5.41, 5.74) is 16.2. The van der Waals surface area contributed by atoms with E-state index in [1.165, 1.54) is 81.0 Å². The van der Waals surface area contributed by atoms with Gasteiger partial charge in [-0.05, 0) is 93.5 Å². The predicted molar refractivity (Wildman–Crippen MR) is 270 cm³/mol. The number of hydrogen-bond acceptors (Lipinski definition) is 2. The number of rotatable bonds is 8. The van der Waals surface area contributed by atoms with Crippen molar-refractivity contribution < 1.29 is 0 Å². The van der Waals surface area contributed by atoms with E-state index < -0.39 is 0 Å². The van der Waals surface area contributed by atoms with E-state index >= 15 is 0 Å². The van der Waals surface area contributed by atoms with Crippen LogP contribution in [0.4, 0.5) is 17.1 Å². The largest absolute Gasteiger partial charge is 0.310 e. The number of hydrogen-bond donors (Lipinski definition) is 0. The second-order valence-corrected chi connectivity index (χ2v) is 17.1. The summed E-state index contributed by atoms with van der Waals surface area (Å²) in [5, 5.41) is 5.07. The van der Waals surface area contributed by atoms with E-state index in [0.717, 1.165) is 28.3 Å². The van der Waals surface area contributed by atoms with E-state index in [-0.39, 0.29) is 0 Å². The average molecular weight is 821 g/mol. The second kappa shape index (κ2) is 15.5. The molecule has 296 valence electrons. The Kier molecular flexibility index (Phi) is 9.06. The van der Waals surface area contributed by atoms with E-state index in [4.69, 9.17) is 0 Å². The molecule has 0 N–H and O–H groups in total. The van der Waals surface area contributed by atoms with Gasteiger partial charge in [0.15, 0.2) is 0 Å².